The number of alkyl halides is 2. The quantitative estimate of drug-likeness (QED) is 0.683. The zero-order valence-electron chi connectivity index (χ0n) is 16.4. The zero-order chi connectivity index (χ0) is 20.4. The van der Waals surface area contributed by atoms with E-state index < -0.39 is 11.8 Å². The number of hydrogen-bond acceptors (Lipinski definition) is 7. The fraction of sp³-hybridized carbons (Fsp3) is 0.400. The van der Waals surface area contributed by atoms with E-state index in [0.29, 0.717) is 29.1 Å². The van der Waals surface area contributed by atoms with E-state index in [4.69, 9.17) is 0 Å². The molecule has 0 amide bonds. The Morgan fingerprint density at radius 1 is 1.21 bits per heavy atom. The van der Waals surface area contributed by atoms with E-state index in [-0.39, 0.29) is 19.5 Å². The topological polar surface area (TPSA) is 78.9 Å². The molecule has 1 aliphatic heterocycles. The molecule has 1 aliphatic rings. The van der Waals surface area contributed by atoms with E-state index in [2.05, 4.69) is 30.6 Å². The standard InChI is InChI=1S/C20H23F2N7/c1-29(2)17-4-3-13(10-26-17)15-9-16-18(25-8-7-24-16)19(28-15)27-12-14-11-23-6-5-20(14,21)22/h3-4,7-10,14,23H,5-6,11-12H2,1-2H3,(H,27,28)/t14-/m0/s1. The average molecular weight is 399 g/mol. The smallest absolute Gasteiger partial charge is 0.255 e. The van der Waals surface area contributed by atoms with E-state index in [0.717, 1.165) is 11.4 Å². The Morgan fingerprint density at radius 2 is 2.03 bits per heavy atom. The molecule has 9 heteroatoms. The lowest BCUT2D eigenvalue weighted by atomic mass is 9.95. The Hall–Kier alpha value is -2.94. The third-order valence-corrected chi connectivity index (χ3v) is 5.10. The Balaban J connectivity index is 1.65. The van der Waals surface area contributed by atoms with Gasteiger partial charge in [0.2, 0.25) is 0 Å². The Bertz CT molecular complexity index is 992. The predicted octanol–water partition coefficient (Wildman–Crippen LogP) is 2.81. The molecule has 4 heterocycles. The third kappa shape index (κ3) is 4.09. The molecule has 0 aromatic carbocycles. The van der Waals surface area contributed by atoms with Gasteiger partial charge in [-0.1, -0.05) is 0 Å². The van der Waals surface area contributed by atoms with Crippen LogP contribution in [0, 0.1) is 5.92 Å². The monoisotopic (exact) mass is 399 g/mol. The molecule has 2 N–H and O–H groups in total. The highest BCUT2D eigenvalue weighted by Gasteiger charge is 2.41. The third-order valence-electron chi connectivity index (χ3n) is 5.10. The van der Waals surface area contributed by atoms with Crippen molar-refractivity contribution in [3.8, 4) is 11.3 Å². The van der Waals surface area contributed by atoms with Crippen LogP contribution in [0.5, 0.6) is 0 Å². The lowest BCUT2D eigenvalue weighted by molar-refractivity contribution is -0.0728. The molecule has 0 radical (unpaired) electrons. The molecule has 29 heavy (non-hydrogen) atoms. The SMILES string of the molecule is CN(C)c1ccc(-c2cc3nccnc3c(NC[C@@H]3CNCCC3(F)F)n2)cn1. The summed E-state index contributed by atoms with van der Waals surface area (Å²) in [6.07, 6.45) is 4.75. The minimum Gasteiger partial charge on any atom is -0.368 e. The van der Waals surface area contributed by atoms with Gasteiger partial charge in [-0.15, -0.1) is 0 Å². The van der Waals surface area contributed by atoms with Crippen molar-refractivity contribution < 1.29 is 8.78 Å². The molecule has 0 unspecified atom stereocenters. The van der Waals surface area contributed by atoms with Gasteiger partial charge >= 0.3 is 0 Å². The highest BCUT2D eigenvalue weighted by Crippen LogP contribution is 2.31. The van der Waals surface area contributed by atoms with Crippen molar-refractivity contribution >= 4 is 22.7 Å². The first-order valence-electron chi connectivity index (χ1n) is 9.52. The number of fused-ring (bicyclic) bond motifs is 1. The summed E-state index contributed by atoms with van der Waals surface area (Å²) >= 11 is 0. The molecule has 0 saturated carbocycles. The van der Waals surface area contributed by atoms with Crippen LogP contribution in [0.25, 0.3) is 22.3 Å². The maximum absolute atomic E-state index is 14.2. The molecule has 0 aliphatic carbocycles. The summed E-state index contributed by atoms with van der Waals surface area (Å²) in [7, 11) is 3.84. The highest BCUT2D eigenvalue weighted by molar-refractivity contribution is 5.88. The van der Waals surface area contributed by atoms with Crippen molar-refractivity contribution in [2.24, 2.45) is 5.92 Å². The van der Waals surface area contributed by atoms with Crippen molar-refractivity contribution in [2.45, 2.75) is 12.3 Å². The Morgan fingerprint density at radius 3 is 2.76 bits per heavy atom. The van der Waals surface area contributed by atoms with Gasteiger partial charge in [-0.2, -0.15) is 0 Å². The first-order valence-corrected chi connectivity index (χ1v) is 9.52. The summed E-state index contributed by atoms with van der Waals surface area (Å²) in [4.78, 5) is 19.7. The number of nitrogens with zero attached hydrogens (tertiary/aromatic N) is 5. The number of hydrogen-bond donors (Lipinski definition) is 2. The van der Waals surface area contributed by atoms with Crippen molar-refractivity contribution in [3.05, 3.63) is 36.8 Å². The molecule has 1 saturated heterocycles. The fourth-order valence-corrected chi connectivity index (χ4v) is 3.37. The molecular weight excluding hydrogens is 376 g/mol. The fourth-order valence-electron chi connectivity index (χ4n) is 3.37. The Labute approximate surface area is 167 Å². The molecule has 0 spiro atoms. The summed E-state index contributed by atoms with van der Waals surface area (Å²) < 4.78 is 28.4. The molecule has 3 aromatic heterocycles. The second-order valence-electron chi connectivity index (χ2n) is 7.37. The van der Waals surface area contributed by atoms with Crippen LogP contribution in [0.4, 0.5) is 20.4 Å². The van der Waals surface area contributed by atoms with Crippen LogP contribution in [0.2, 0.25) is 0 Å². The van der Waals surface area contributed by atoms with Gasteiger partial charge in [0.05, 0.1) is 17.1 Å². The second kappa shape index (κ2) is 7.82. The van der Waals surface area contributed by atoms with E-state index >= 15 is 0 Å². The van der Waals surface area contributed by atoms with Crippen LogP contribution in [0.3, 0.4) is 0 Å². The van der Waals surface area contributed by atoms with Gasteiger partial charge < -0.3 is 15.5 Å². The van der Waals surface area contributed by atoms with Crippen LogP contribution in [-0.2, 0) is 0 Å². The normalized spacial score (nSPS) is 18.6. The number of anilines is 2. The minimum absolute atomic E-state index is 0.0972. The summed E-state index contributed by atoms with van der Waals surface area (Å²) in [5, 5.41) is 6.13. The molecule has 7 nitrogen and oxygen atoms in total. The number of halogens is 2. The van der Waals surface area contributed by atoms with E-state index in [1.165, 1.54) is 0 Å². The van der Waals surface area contributed by atoms with Crippen LogP contribution >= 0.6 is 0 Å². The van der Waals surface area contributed by atoms with Gasteiger partial charge in [0.15, 0.2) is 5.82 Å². The second-order valence-corrected chi connectivity index (χ2v) is 7.37. The molecule has 0 bridgehead atoms. The van der Waals surface area contributed by atoms with Gasteiger partial charge in [0.1, 0.15) is 11.3 Å². The zero-order valence-corrected chi connectivity index (χ0v) is 16.4. The maximum atomic E-state index is 14.2. The molecule has 3 aromatic rings. The number of piperidine rings is 1. The van der Waals surface area contributed by atoms with Gasteiger partial charge in [0, 0.05) is 64.3 Å². The van der Waals surface area contributed by atoms with Crippen LogP contribution < -0.4 is 15.5 Å². The summed E-state index contributed by atoms with van der Waals surface area (Å²) in [5.74, 6) is -2.23. The van der Waals surface area contributed by atoms with Crippen molar-refractivity contribution in [1.82, 2.24) is 25.3 Å². The summed E-state index contributed by atoms with van der Waals surface area (Å²) in [5.41, 5.74) is 2.68. The average Bonchev–Trinajstić information content (AvgIpc) is 2.72. The Kier molecular flexibility index (Phi) is 5.23. The van der Waals surface area contributed by atoms with Gasteiger partial charge in [-0.25, -0.2) is 23.7 Å². The minimum atomic E-state index is -2.71. The van der Waals surface area contributed by atoms with Crippen LogP contribution in [-0.4, -0.2) is 59.6 Å². The molecule has 1 fully saturated rings. The number of rotatable bonds is 5. The molecule has 152 valence electrons. The highest BCUT2D eigenvalue weighted by atomic mass is 19.3. The van der Waals surface area contributed by atoms with Crippen molar-refractivity contribution in [1.29, 1.82) is 0 Å². The molecule has 4 rings (SSSR count). The van der Waals surface area contributed by atoms with E-state index in [1.54, 1.807) is 18.6 Å². The first-order chi connectivity index (χ1) is 13.9. The van der Waals surface area contributed by atoms with E-state index in [1.807, 2.05) is 37.2 Å². The van der Waals surface area contributed by atoms with E-state index in [9.17, 15) is 8.78 Å². The molecule has 1 atom stereocenters. The predicted molar refractivity (Wildman–Crippen MR) is 109 cm³/mol. The van der Waals surface area contributed by atoms with Crippen LogP contribution in [0.1, 0.15) is 6.42 Å². The largest absolute Gasteiger partial charge is 0.368 e. The lowest BCUT2D eigenvalue weighted by Gasteiger charge is -2.32. The molecular formula is C20H23F2N7. The lowest BCUT2D eigenvalue weighted by Crippen LogP contribution is -2.47. The number of nitrogens with one attached hydrogen (secondary N) is 2. The van der Waals surface area contributed by atoms with Crippen molar-refractivity contribution in [3.63, 3.8) is 0 Å². The van der Waals surface area contributed by atoms with Crippen molar-refractivity contribution in [2.75, 3.05) is 43.9 Å². The summed E-state index contributed by atoms with van der Waals surface area (Å²) in [6, 6.07) is 5.66. The maximum Gasteiger partial charge on any atom is 0.255 e. The van der Waals surface area contributed by atoms with Gasteiger partial charge in [-0.3, -0.25) is 4.98 Å². The number of pyridine rings is 2. The van der Waals surface area contributed by atoms with Gasteiger partial charge in [0.25, 0.3) is 5.92 Å². The summed E-state index contributed by atoms with van der Waals surface area (Å²) in [6.45, 7) is 0.695. The van der Waals surface area contributed by atoms with Gasteiger partial charge in [-0.05, 0) is 18.2 Å². The van der Waals surface area contributed by atoms with Crippen LogP contribution in [0.15, 0.2) is 36.8 Å². The number of aromatic nitrogens is 4. The first kappa shape index (κ1) is 19.4.